The number of aromatic nitrogens is 1. The van der Waals surface area contributed by atoms with Crippen molar-refractivity contribution in [3.63, 3.8) is 0 Å². The second-order valence-corrected chi connectivity index (χ2v) is 9.12. The topological polar surface area (TPSA) is 82.6 Å². The molecule has 0 spiro atoms. The molecule has 1 saturated heterocycles. The molecule has 3 amide bonds. The second kappa shape index (κ2) is 9.38. The predicted octanol–water partition coefficient (Wildman–Crippen LogP) is 3.28. The van der Waals surface area contributed by atoms with Gasteiger partial charge in [-0.1, -0.05) is 18.2 Å². The molecule has 2 aliphatic rings. The SMILES string of the molecule is CN(Cc1ccc(F)cc1)Cc1ccnc(-c2ccc3c(c2)CN(C2CCC(=O)NC2=O)C3=O)c1. The molecule has 1 atom stereocenters. The molecule has 1 N–H and O–H groups in total. The smallest absolute Gasteiger partial charge is 0.255 e. The van der Waals surface area contributed by atoms with E-state index in [4.69, 9.17) is 0 Å². The Hall–Kier alpha value is -3.91. The molecule has 1 aromatic heterocycles. The van der Waals surface area contributed by atoms with Gasteiger partial charge in [0.2, 0.25) is 11.8 Å². The van der Waals surface area contributed by atoms with Crippen LogP contribution in [0.1, 0.15) is 39.9 Å². The van der Waals surface area contributed by atoms with Crippen LogP contribution in [0, 0.1) is 5.82 Å². The predicted molar refractivity (Wildman–Crippen MR) is 127 cm³/mol. The zero-order chi connectivity index (χ0) is 24.5. The van der Waals surface area contributed by atoms with Crippen molar-refractivity contribution in [2.45, 2.75) is 38.5 Å². The number of halogens is 1. The van der Waals surface area contributed by atoms with E-state index in [1.54, 1.807) is 29.3 Å². The number of pyridine rings is 1. The third-order valence-corrected chi connectivity index (χ3v) is 6.46. The first kappa shape index (κ1) is 22.9. The summed E-state index contributed by atoms with van der Waals surface area (Å²) in [6.07, 6.45) is 2.34. The van der Waals surface area contributed by atoms with Gasteiger partial charge in [0.15, 0.2) is 0 Å². The number of nitrogens with one attached hydrogen (secondary N) is 1. The van der Waals surface area contributed by atoms with E-state index in [-0.39, 0.29) is 24.1 Å². The fourth-order valence-electron chi connectivity index (χ4n) is 4.73. The summed E-state index contributed by atoms with van der Waals surface area (Å²) in [4.78, 5) is 44.9. The zero-order valence-electron chi connectivity index (χ0n) is 19.3. The van der Waals surface area contributed by atoms with Crippen molar-refractivity contribution in [2.75, 3.05) is 7.05 Å². The average Bonchev–Trinajstić information content (AvgIpc) is 3.16. The summed E-state index contributed by atoms with van der Waals surface area (Å²) in [5.74, 6) is -1.15. The molecule has 0 aliphatic carbocycles. The lowest BCUT2D eigenvalue weighted by Crippen LogP contribution is -2.52. The summed E-state index contributed by atoms with van der Waals surface area (Å²) in [6.45, 7) is 1.71. The van der Waals surface area contributed by atoms with Gasteiger partial charge in [-0.05, 0) is 66.6 Å². The average molecular weight is 473 g/mol. The van der Waals surface area contributed by atoms with E-state index in [9.17, 15) is 18.8 Å². The van der Waals surface area contributed by atoms with E-state index in [0.29, 0.717) is 31.6 Å². The first-order chi connectivity index (χ1) is 16.9. The molecule has 3 heterocycles. The highest BCUT2D eigenvalue weighted by molar-refractivity contribution is 6.05. The molecular formula is C27H25FN4O3. The molecule has 5 rings (SSSR count). The summed E-state index contributed by atoms with van der Waals surface area (Å²) < 4.78 is 13.2. The van der Waals surface area contributed by atoms with Crippen molar-refractivity contribution in [1.29, 1.82) is 0 Å². The normalized spacial score (nSPS) is 17.6. The van der Waals surface area contributed by atoms with Gasteiger partial charge < -0.3 is 4.90 Å². The van der Waals surface area contributed by atoms with E-state index in [0.717, 1.165) is 27.9 Å². The Labute approximate surface area is 202 Å². The molecule has 0 saturated carbocycles. The molecule has 35 heavy (non-hydrogen) atoms. The molecule has 1 unspecified atom stereocenters. The highest BCUT2D eigenvalue weighted by atomic mass is 19.1. The zero-order valence-corrected chi connectivity index (χ0v) is 19.3. The number of amides is 3. The summed E-state index contributed by atoms with van der Waals surface area (Å²) in [7, 11) is 2.01. The Kier molecular flexibility index (Phi) is 6.13. The van der Waals surface area contributed by atoms with Gasteiger partial charge in [0, 0.05) is 43.4 Å². The minimum atomic E-state index is -0.630. The number of benzene rings is 2. The third kappa shape index (κ3) is 4.83. The number of rotatable bonds is 6. The van der Waals surface area contributed by atoms with E-state index in [2.05, 4.69) is 15.2 Å². The minimum absolute atomic E-state index is 0.190. The molecule has 8 heteroatoms. The first-order valence-corrected chi connectivity index (χ1v) is 11.5. The van der Waals surface area contributed by atoms with Crippen molar-refractivity contribution in [3.05, 3.63) is 88.9 Å². The van der Waals surface area contributed by atoms with Gasteiger partial charge >= 0.3 is 0 Å². The molecule has 0 radical (unpaired) electrons. The van der Waals surface area contributed by atoms with Gasteiger partial charge in [-0.3, -0.25) is 29.6 Å². The molecule has 1 fully saturated rings. The molecule has 3 aromatic rings. The maximum absolute atomic E-state index is 13.2. The maximum Gasteiger partial charge on any atom is 0.255 e. The highest BCUT2D eigenvalue weighted by Crippen LogP contribution is 2.31. The third-order valence-electron chi connectivity index (χ3n) is 6.46. The summed E-state index contributed by atoms with van der Waals surface area (Å²) in [5.41, 5.74) is 5.23. The molecule has 2 aromatic carbocycles. The largest absolute Gasteiger partial charge is 0.322 e. The van der Waals surface area contributed by atoms with Crippen molar-refractivity contribution in [3.8, 4) is 11.3 Å². The van der Waals surface area contributed by atoms with Crippen LogP contribution in [0.15, 0.2) is 60.8 Å². The fraction of sp³-hybridized carbons (Fsp3) is 0.259. The van der Waals surface area contributed by atoms with Crippen molar-refractivity contribution >= 4 is 17.7 Å². The molecule has 7 nitrogen and oxygen atoms in total. The van der Waals surface area contributed by atoms with Crippen LogP contribution < -0.4 is 5.32 Å². The van der Waals surface area contributed by atoms with Crippen molar-refractivity contribution in [2.24, 2.45) is 0 Å². The lowest BCUT2D eigenvalue weighted by molar-refractivity contribution is -0.136. The van der Waals surface area contributed by atoms with Crippen LogP contribution in [0.25, 0.3) is 11.3 Å². The Bertz CT molecular complexity index is 1310. The van der Waals surface area contributed by atoms with Crippen LogP contribution in [-0.4, -0.2) is 45.6 Å². The molecular weight excluding hydrogens is 447 g/mol. The number of hydrogen-bond acceptors (Lipinski definition) is 5. The number of imide groups is 1. The van der Waals surface area contributed by atoms with Crippen LogP contribution in [0.4, 0.5) is 4.39 Å². The van der Waals surface area contributed by atoms with E-state index in [1.807, 2.05) is 31.3 Å². The van der Waals surface area contributed by atoms with Gasteiger partial charge in [-0.2, -0.15) is 0 Å². The van der Waals surface area contributed by atoms with Gasteiger partial charge in [-0.15, -0.1) is 0 Å². The Morgan fingerprint density at radius 3 is 2.57 bits per heavy atom. The number of fused-ring (bicyclic) bond motifs is 1. The van der Waals surface area contributed by atoms with E-state index in [1.165, 1.54) is 12.1 Å². The quantitative estimate of drug-likeness (QED) is 0.557. The van der Waals surface area contributed by atoms with Crippen LogP contribution in [-0.2, 0) is 29.2 Å². The van der Waals surface area contributed by atoms with Crippen LogP contribution >= 0.6 is 0 Å². The summed E-state index contributed by atoms with van der Waals surface area (Å²) >= 11 is 0. The number of carbonyl (C=O) groups is 3. The van der Waals surface area contributed by atoms with Crippen LogP contribution in [0.5, 0.6) is 0 Å². The Balaban J connectivity index is 1.30. The lowest BCUT2D eigenvalue weighted by atomic mass is 10.0. The monoisotopic (exact) mass is 472 g/mol. The molecule has 0 bridgehead atoms. The van der Waals surface area contributed by atoms with Crippen LogP contribution in [0.3, 0.4) is 0 Å². The Morgan fingerprint density at radius 1 is 1.03 bits per heavy atom. The van der Waals surface area contributed by atoms with Gasteiger partial charge in [0.1, 0.15) is 11.9 Å². The Morgan fingerprint density at radius 2 is 1.80 bits per heavy atom. The van der Waals surface area contributed by atoms with Crippen LogP contribution in [0.2, 0.25) is 0 Å². The molecule has 178 valence electrons. The highest BCUT2D eigenvalue weighted by Gasteiger charge is 2.39. The number of piperidine rings is 1. The lowest BCUT2D eigenvalue weighted by Gasteiger charge is -2.29. The number of carbonyl (C=O) groups excluding carboxylic acids is 3. The maximum atomic E-state index is 13.2. The van der Waals surface area contributed by atoms with E-state index < -0.39 is 11.9 Å². The number of nitrogens with zero attached hydrogens (tertiary/aromatic N) is 3. The van der Waals surface area contributed by atoms with Crippen molar-refractivity contribution in [1.82, 2.24) is 20.1 Å². The minimum Gasteiger partial charge on any atom is -0.322 e. The second-order valence-electron chi connectivity index (χ2n) is 9.12. The number of hydrogen-bond donors (Lipinski definition) is 1. The van der Waals surface area contributed by atoms with E-state index >= 15 is 0 Å². The standard InChI is InChI=1S/C27H25FN4O3/c1-31(14-17-2-5-21(28)6-3-17)15-18-10-11-29-23(12-18)19-4-7-22-20(13-19)16-32(27(22)35)24-8-9-25(33)30-26(24)34/h2-7,10-13,24H,8-9,14-16H2,1H3,(H,30,33,34). The summed E-state index contributed by atoms with van der Waals surface area (Å²) in [5, 5.41) is 2.33. The first-order valence-electron chi connectivity index (χ1n) is 11.5. The molecule has 2 aliphatic heterocycles. The van der Waals surface area contributed by atoms with Gasteiger partial charge in [-0.25, -0.2) is 4.39 Å². The fourth-order valence-corrected chi connectivity index (χ4v) is 4.73. The van der Waals surface area contributed by atoms with Gasteiger partial charge in [0.05, 0.1) is 5.69 Å². The summed E-state index contributed by atoms with van der Waals surface area (Å²) in [6, 6.07) is 15.5. The van der Waals surface area contributed by atoms with Gasteiger partial charge in [0.25, 0.3) is 5.91 Å². The van der Waals surface area contributed by atoms with Crippen molar-refractivity contribution < 1.29 is 18.8 Å².